The average molecular weight is 1360 g/mol. The summed E-state index contributed by atoms with van der Waals surface area (Å²) < 4.78 is 27.4. The lowest BCUT2D eigenvalue weighted by atomic mass is 9.75. The van der Waals surface area contributed by atoms with E-state index in [9.17, 15) is 0 Å². The van der Waals surface area contributed by atoms with E-state index in [1.165, 1.54) is 50.1 Å². The zero-order chi connectivity index (χ0) is 70.1. The van der Waals surface area contributed by atoms with Gasteiger partial charge >= 0.3 is 0 Å². The van der Waals surface area contributed by atoms with Gasteiger partial charge in [0.1, 0.15) is 33.5 Å². The molecule has 4 heterocycles. The molecule has 0 amide bonds. The number of rotatable bonds is 11. The van der Waals surface area contributed by atoms with Gasteiger partial charge in [-0.1, -0.05) is 269 Å². The maximum Gasteiger partial charge on any atom is 0.159 e. The van der Waals surface area contributed by atoms with Gasteiger partial charge in [-0.15, -0.1) is 0 Å². The van der Waals surface area contributed by atoms with Crippen LogP contribution in [0, 0.1) is 0 Å². The van der Waals surface area contributed by atoms with E-state index in [0.29, 0.717) is 0 Å². The summed E-state index contributed by atoms with van der Waals surface area (Å²) in [6.45, 7) is 7.15. The van der Waals surface area contributed by atoms with Gasteiger partial charge < -0.3 is 27.5 Å². The normalized spacial score (nSPS) is 14.3. The third-order valence-electron chi connectivity index (χ3n) is 23.4. The topological polar surface area (TPSA) is 59.0 Å². The highest BCUT2D eigenvalue weighted by Crippen LogP contribution is 2.56. The van der Waals surface area contributed by atoms with Gasteiger partial charge in [-0.2, -0.15) is 0 Å². The number of nitrogens with zero attached hydrogens (tertiary/aromatic N) is 2. The summed E-state index contributed by atoms with van der Waals surface area (Å²) in [4.78, 5) is 4.81. The fourth-order valence-electron chi connectivity index (χ4n) is 18.3. The van der Waals surface area contributed by atoms with Crippen LogP contribution in [0.3, 0.4) is 0 Å². The van der Waals surface area contributed by atoms with Gasteiger partial charge in [-0.3, -0.25) is 0 Å². The van der Waals surface area contributed by atoms with E-state index < -0.39 is 5.41 Å². The van der Waals surface area contributed by atoms with Crippen molar-refractivity contribution in [2.24, 2.45) is 0 Å². The first kappa shape index (κ1) is 60.2. The number of anilines is 6. The highest BCUT2D eigenvalue weighted by molar-refractivity contribution is 6.17. The van der Waals surface area contributed by atoms with Crippen molar-refractivity contribution in [1.29, 1.82) is 0 Å². The van der Waals surface area contributed by atoms with Gasteiger partial charge in [0.2, 0.25) is 0 Å². The summed E-state index contributed by atoms with van der Waals surface area (Å²) in [5, 5.41) is 11.0. The lowest BCUT2D eigenvalue weighted by Gasteiger charge is -2.30. The summed E-state index contributed by atoms with van der Waals surface area (Å²) in [7, 11) is 0. The van der Waals surface area contributed by atoms with Crippen molar-refractivity contribution in [3.63, 3.8) is 0 Å². The van der Waals surface area contributed by atoms with Gasteiger partial charge in [-0.05, 0) is 169 Å². The van der Waals surface area contributed by atoms with E-state index in [2.05, 4.69) is 340 Å². The van der Waals surface area contributed by atoms with Crippen LogP contribution in [0.25, 0.3) is 154 Å². The highest BCUT2D eigenvalue weighted by Gasteiger charge is 2.41. The molecule has 2 aliphatic rings. The number of hydrogen-bond donors (Lipinski definition) is 0. The summed E-state index contributed by atoms with van der Waals surface area (Å²) in [6.07, 6.45) is 0.752. The van der Waals surface area contributed by atoms with Crippen LogP contribution < -0.4 is 9.80 Å². The maximum absolute atomic E-state index is 7.14. The third kappa shape index (κ3) is 8.91. The molecule has 16 aromatic carbocycles. The van der Waals surface area contributed by atoms with Gasteiger partial charge in [0.15, 0.2) is 11.2 Å². The molecule has 0 N–H and O–H groups in total. The Bertz CT molecular complexity index is 7060. The zero-order valence-corrected chi connectivity index (χ0v) is 58.5. The molecule has 0 saturated heterocycles. The number of furan rings is 4. The van der Waals surface area contributed by atoms with Crippen molar-refractivity contribution in [2.75, 3.05) is 9.80 Å². The third-order valence-corrected chi connectivity index (χ3v) is 23.4. The van der Waals surface area contributed by atoms with Gasteiger partial charge in [-0.25, -0.2) is 0 Å². The van der Waals surface area contributed by atoms with Crippen molar-refractivity contribution in [2.45, 2.75) is 38.0 Å². The molecule has 500 valence electrons. The van der Waals surface area contributed by atoms with Crippen LogP contribution in [0.1, 0.15) is 48.6 Å². The molecule has 6 heteroatoms. The molecule has 106 heavy (non-hydrogen) atoms. The fourth-order valence-corrected chi connectivity index (χ4v) is 18.3. The summed E-state index contributed by atoms with van der Waals surface area (Å²) >= 11 is 0. The first-order valence-electron chi connectivity index (χ1n) is 36.6. The van der Waals surface area contributed by atoms with E-state index in [1.54, 1.807) is 0 Å². The van der Waals surface area contributed by atoms with Crippen molar-refractivity contribution in [3.8, 4) is 55.6 Å². The standard InChI is InChI=1S/C100H66N2O4/c1-99(2)84-33-11-6-21-70(84)72-51-50-66(57-86(72)99)102(90-36-19-32-81-77-26-10-15-39-93(77)106-98(81)90)88-54-53-69(68-20-4-5-23-74(68)88)78-28-17-30-82-83-56-60(40-55-94(83)104-96(78)82)59-100(3)85-34-12-7-22-71(85)73-52-49-65(58-87(73)100)101(89-35-18-31-80-76-25-9-14-38-92(76)105-97(80)89)64-47-45-62(46-48-64)61-41-43-63(44-42-61)67-27-16-29-79-75-24-8-13-37-91(75)103-95(67)79/h4-58H,59H2,1-3H3. The minimum atomic E-state index is -0.422. The second-order valence-corrected chi connectivity index (χ2v) is 29.6. The molecule has 1 atom stereocenters. The molecule has 0 spiro atoms. The molecule has 20 aromatic rings. The molecule has 4 aromatic heterocycles. The molecule has 6 nitrogen and oxygen atoms in total. The largest absolute Gasteiger partial charge is 0.455 e. The van der Waals surface area contributed by atoms with E-state index in [0.717, 1.165) is 172 Å². The molecule has 0 radical (unpaired) electrons. The van der Waals surface area contributed by atoms with E-state index in [4.69, 9.17) is 17.7 Å². The second-order valence-electron chi connectivity index (χ2n) is 29.6. The average Bonchev–Trinajstić information content (AvgIpc) is 1.57. The minimum Gasteiger partial charge on any atom is -0.455 e. The molecule has 2 aliphatic carbocycles. The Balaban J connectivity index is 0.634. The van der Waals surface area contributed by atoms with E-state index >= 15 is 0 Å². The monoisotopic (exact) mass is 1360 g/mol. The van der Waals surface area contributed by atoms with E-state index in [-0.39, 0.29) is 5.41 Å². The quantitative estimate of drug-likeness (QED) is 0.129. The summed E-state index contributed by atoms with van der Waals surface area (Å²) in [5.41, 5.74) is 30.5. The number of fused-ring (bicyclic) bond motifs is 19. The fraction of sp³-hybridized carbons (Fsp3) is 0.0600. The van der Waals surface area contributed by atoms with Crippen LogP contribution in [0.15, 0.2) is 351 Å². The Kier molecular flexibility index (Phi) is 12.9. The number of para-hydroxylation sites is 7. The molecular weight excluding hydrogens is 1290 g/mol. The molecule has 0 saturated carbocycles. The van der Waals surface area contributed by atoms with Crippen LogP contribution in [0.4, 0.5) is 34.1 Å². The Hall–Kier alpha value is -13.4. The van der Waals surface area contributed by atoms with E-state index in [1.807, 2.05) is 24.3 Å². The van der Waals surface area contributed by atoms with Crippen molar-refractivity contribution < 1.29 is 17.7 Å². The van der Waals surface area contributed by atoms with Crippen LogP contribution in [-0.4, -0.2) is 0 Å². The highest BCUT2D eigenvalue weighted by atomic mass is 16.3. The second kappa shape index (κ2) is 22.8. The zero-order valence-electron chi connectivity index (χ0n) is 58.5. The molecular formula is C100H66N2O4. The first-order chi connectivity index (χ1) is 52.2. The van der Waals surface area contributed by atoms with Crippen LogP contribution >= 0.6 is 0 Å². The maximum atomic E-state index is 7.14. The number of hydrogen-bond acceptors (Lipinski definition) is 6. The van der Waals surface area contributed by atoms with Crippen LogP contribution in [-0.2, 0) is 17.3 Å². The molecule has 0 aliphatic heterocycles. The minimum absolute atomic E-state index is 0.202. The van der Waals surface area contributed by atoms with Gasteiger partial charge in [0, 0.05) is 87.5 Å². The van der Waals surface area contributed by atoms with Crippen molar-refractivity contribution >= 4 is 133 Å². The van der Waals surface area contributed by atoms with Crippen LogP contribution in [0.5, 0.6) is 0 Å². The summed E-state index contributed by atoms with van der Waals surface area (Å²) in [5.74, 6) is 0. The van der Waals surface area contributed by atoms with Crippen LogP contribution in [0.2, 0.25) is 0 Å². The molecule has 22 rings (SSSR count). The molecule has 1 unspecified atom stereocenters. The predicted octanol–water partition coefficient (Wildman–Crippen LogP) is 28.2. The Labute approximate surface area is 611 Å². The SMILES string of the molecule is CC1(C)c2ccccc2-c2ccc(N(c3ccc(-c4cccc5c4oc4ccc(CC6(C)c7ccccc7-c7ccc(N(c8ccc(-c9ccc(-c%10cccc%11c%10oc%10ccccc%10%11)cc9)cc8)c8cccc9c8oc8ccccc89)cc76)cc45)c4ccccc34)c3cccc4c3oc3ccccc34)cc21. The van der Waals surface area contributed by atoms with Gasteiger partial charge in [0.05, 0.1) is 17.1 Å². The van der Waals surface area contributed by atoms with Crippen molar-refractivity contribution in [3.05, 3.63) is 361 Å². The molecule has 0 fully saturated rings. The lowest BCUT2D eigenvalue weighted by molar-refractivity contribution is 0.583. The predicted molar refractivity (Wildman–Crippen MR) is 438 cm³/mol. The Morgan fingerprint density at radius 3 is 1.30 bits per heavy atom. The van der Waals surface area contributed by atoms with Gasteiger partial charge in [0.25, 0.3) is 0 Å². The number of benzene rings is 16. The smallest absolute Gasteiger partial charge is 0.159 e. The first-order valence-corrected chi connectivity index (χ1v) is 36.6. The Morgan fingerprint density at radius 2 is 0.651 bits per heavy atom. The Morgan fingerprint density at radius 1 is 0.236 bits per heavy atom. The summed E-state index contributed by atoms with van der Waals surface area (Å²) in [6, 6.07) is 121. The molecule has 0 bridgehead atoms. The lowest BCUT2D eigenvalue weighted by Crippen LogP contribution is -2.24. The van der Waals surface area contributed by atoms with Crippen molar-refractivity contribution in [1.82, 2.24) is 0 Å².